The second kappa shape index (κ2) is 13.1. The zero-order chi connectivity index (χ0) is 27.1. The lowest BCUT2D eigenvalue weighted by Gasteiger charge is -2.33. The zero-order valence-electron chi connectivity index (χ0n) is 21.8. The van der Waals surface area contributed by atoms with E-state index in [4.69, 9.17) is 0 Å². The van der Waals surface area contributed by atoms with Crippen LogP contribution in [-0.4, -0.2) is 45.5 Å². The average molecular weight is 542 g/mol. The zero-order valence-corrected chi connectivity index (χ0v) is 22.7. The van der Waals surface area contributed by atoms with Gasteiger partial charge in [-0.2, -0.15) is 0 Å². The summed E-state index contributed by atoms with van der Waals surface area (Å²) in [7, 11) is -1.80. The molecular weight excluding hydrogens is 505 g/mol. The van der Waals surface area contributed by atoms with E-state index in [-0.39, 0.29) is 23.5 Å². The van der Waals surface area contributed by atoms with Crippen LogP contribution in [0.4, 0.5) is 15.8 Å². The molecule has 2 aromatic carbocycles. The normalized spacial score (nSPS) is 17.1. The minimum Gasteiger partial charge on any atom is -0.352 e. The average Bonchev–Trinajstić information content (AvgIpc) is 2.90. The molecule has 2 aliphatic carbocycles. The van der Waals surface area contributed by atoms with Crippen LogP contribution >= 0.6 is 0 Å². The number of aryl methyl sites for hydroxylation is 1. The Morgan fingerprint density at radius 1 is 0.974 bits per heavy atom. The number of carbonyl (C=O) groups is 3. The second-order valence-electron chi connectivity index (χ2n) is 10.2. The number of nitrogens with one attached hydrogen (secondary N) is 2. The molecule has 0 spiro atoms. The van der Waals surface area contributed by atoms with E-state index in [1.807, 2.05) is 12.1 Å². The fourth-order valence-corrected chi connectivity index (χ4v) is 6.25. The van der Waals surface area contributed by atoms with Gasteiger partial charge in [-0.05, 0) is 86.9 Å². The fraction of sp³-hybridized carbons (Fsp3) is 0.483. The molecule has 0 aliphatic heterocycles. The molecule has 38 heavy (non-hydrogen) atoms. The van der Waals surface area contributed by atoms with E-state index >= 15 is 0 Å². The van der Waals surface area contributed by atoms with Crippen LogP contribution in [0.25, 0.3) is 0 Å². The van der Waals surface area contributed by atoms with Crippen LogP contribution < -0.4 is 15.5 Å². The van der Waals surface area contributed by atoms with Gasteiger partial charge in [-0.25, -0.2) is 4.39 Å². The van der Waals surface area contributed by atoms with Gasteiger partial charge in [-0.3, -0.25) is 23.5 Å². The molecule has 0 saturated heterocycles. The molecule has 0 radical (unpaired) electrons. The van der Waals surface area contributed by atoms with Crippen LogP contribution in [-0.2, 0) is 38.0 Å². The Hall–Kier alpha value is -3.07. The molecule has 2 atom stereocenters. The molecule has 1 fully saturated rings. The van der Waals surface area contributed by atoms with Crippen LogP contribution in [0, 0.1) is 5.82 Å². The SMILES string of the molecule is CC(C(=O)NC1CCCCC1)N(C(=O)CS(=O)CC(=O)Nc1ccc(F)cc1)c1cccc2c1CCCC2. The molecule has 0 aromatic heterocycles. The summed E-state index contributed by atoms with van der Waals surface area (Å²) in [5.41, 5.74) is 3.30. The first-order valence-corrected chi connectivity index (χ1v) is 14.9. The van der Waals surface area contributed by atoms with Crippen molar-refractivity contribution in [2.45, 2.75) is 76.8 Å². The summed E-state index contributed by atoms with van der Waals surface area (Å²) in [6.07, 6.45) is 9.00. The molecule has 1 saturated carbocycles. The van der Waals surface area contributed by atoms with Crippen molar-refractivity contribution in [3.63, 3.8) is 0 Å². The van der Waals surface area contributed by atoms with Gasteiger partial charge >= 0.3 is 0 Å². The number of carbonyl (C=O) groups excluding carboxylic acids is 3. The highest BCUT2D eigenvalue weighted by atomic mass is 32.2. The Labute approximate surface area is 226 Å². The summed E-state index contributed by atoms with van der Waals surface area (Å²) in [6.45, 7) is 1.71. The number of amides is 3. The maximum Gasteiger partial charge on any atom is 0.243 e. The van der Waals surface area contributed by atoms with Gasteiger partial charge in [0.2, 0.25) is 17.7 Å². The molecule has 204 valence electrons. The minimum atomic E-state index is -1.80. The van der Waals surface area contributed by atoms with Gasteiger partial charge in [0.25, 0.3) is 0 Å². The topological polar surface area (TPSA) is 95.6 Å². The Morgan fingerprint density at radius 3 is 2.42 bits per heavy atom. The Bertz CT molecular complexity index is 1180. The van der Waals surface area contributed by atoms with Crippen molar-refractivity contribution in [3.05, 3.63) is 59.4 Å². The molecule has 2 aromatic rings. The molecule has 0 heterocycles. The number of halogens is 1. The summed E-state index contributed by atoms with van der Waals surface area (Å²) in [6, 6.07) is 10.4. The molecule has 2 aliphatic rings. The van der Waals surface area contributed by atoms with E-state index in [0.29, 0.717) is 11.4 Å². The molecular formula is C29H36FN3O4S. The van der Waals surface area contributed by atoms with Crippen molar-refractivity contribution in [3.8, 4) is 0 Å². The lowest BCUT2D eigenvalue weighted by molar-refractivity contribution is -0.126. The summed E-state index contributed by atoms with van der Waals surface area (Å²) < 4.78 is 26.0. The van der Waals surface area contributed by atoms with Crippen LogP contribution in [0.5, 0.6) is 0 Å². The minimum absolute atomic E-state index is 0.102. The van der Waals surface area contributed by atoms with Crippen molar-refractivity contribution in [2.24, 2.45) is 0 Å². The van der Waals surface area contributed by atoms with Gasteiger partial charge in [0, 0.05) is 28.2 Å². The van der Waals surface area contributed by atoms with Crippen LogP contribution in [0.3, 0.4) is 0 Å². The highest BCUT2D eigenvalue weighted by Crippen LogP contribution is 2.32. The van der Waals surface area contributed by atoms with Crippen molar-refractivity contribution in [2.75, 3.05) is 21.7 Å². The monoisotopic (exact) mass is 541 g/mol. The first kappa shape index (κ1) is 28.0. The van der Waals surface area contributed by atoms with E-state index in [1.54, 1.807) is 6.92 Å². The molecule has 2 N–H and O–H groups in total. The molecule has 9 heteroatoms. The largest absolute Gasteiger partial charge is 0.352 e. The number of nitrogens with zero attached hydrogens (tertiary/aromatic N) is 1. The third-order valence-corrected chi connectivity index (χ3v) is 8.48. The Morgan fingerprint density at radius 2 is 1.68 bits per heavy atom. The summed E-state index contributed by atoms with van der Waals surface area (Å²) in [5.74, 6) is -2.41. The lowest BCUT2D eigenvalue weighted by atomic mass is 9.89. The van der Waals surface area contributed by atoms with Gasteiger partial charge in [-0.15, -0.1) is 0 Å². The molecule has 0 bridgehead atoms. The number of hydrogen-bond acceptors (Lipinski definition) is 4. The van der Waals surface area contributed by atoms with E-state index < -0.39 is 34.5 Å². The summed E-state index contributed by atoms with van der Waals surface area (Å²) in [4.78, 5) is 40.8. The van der Waals surface area contributed by atoms with E-state index in [0.717, 1.165) is 56.9 Å². The van der Waals surface area contributed by atoms with Crippen LogP contribution in [0.15, 0.2) is 42.5 Å². The number of rotatable bonds is 9. The summed E-state index contributed by atoms with van der Waals surface area (Å²) >= 11 is 0. The smallest absolute Gasteiger partial charge is 0.243 e. The quantitative estimate of drug-likeness (QED) is 0.496. The van der Waals surface area contributed by atoms with Crippen LogP contribution in [0.1, 0.15) is 63.0 Å². The summed E-state index contributed by atoms with van der Waals surface area (Å²) in [5, 5.41) is 5.69. The fourth-order valence-electron chi connectivity index (χ4n) is 5.37. The van der Waals surface area contributed by atoms with Gasteiger partial charge in [0.05, 0.1) is 0 Å². The third kappa shape index (κ3) is 7.28. The van der Waals surface area contributed by atoms with Crippen molar-refractivity contribution < 1.29 is 23.0 Å². The number of benzene rings is 2. The highest BCUT2D eigenvalue weighted by Gasteiger charge is 2.32. The van der Waals surface area contributed by atoms with Crippen LogP contribution in [0.2, 0.25) is 0 Å². The first-order chi connectivity index (χ1) is 18.3. The van der Waals surface area contributed by atoms with Crippen molar-refractivity contribution in [1.29, 1.82) is 0 Å². The maximum atomic E-state index is 13.6. The third-order valence-electron chi connectivity index (χ3n) is 7.32. The lowest BCUT2D eigenvalue weighted by Crippen LogP contribution is -2.52. The number of hydrogen-bond donors (Lipinski definition) is 2. The number of anilines is 2. The highest BCUT2D eigenvalue weighted by molar-refractivity contribution is 7.86. The predicted molar refractivity (Wildman–Crippen MR) is 148 cm³/mol. The Balaban J connectivity index is 1.49. The van der Waals surface area contributed by atoms with E-state index in [2.05, 4.69) is 16.7 Å². The molecule has 7 nitrogen and oxygen atoms in total. The standard InChI is InChI=1S/C29H36FN3O4S/c1-20(29(36)32-23-10-3-2-4-11-23)33(26-13-7-9-21-8-5-6-12-25(21)26)28(35)19-38(37)18-27(34)31-24-16-14-22(30)15-17-24/h7,9,13-17,20,23H,2-6,8,10-12,18-19H2,1H3,(H,31,34)(H,32,36). The van der Waals surface area contributed by atoms with Gasteiger partial charge in [0.1, 0.15) is 23.4 Å². The first-order valence-electron chi connectivity index (χ1n) is 13.5. The van der Waals surface area contributed by atoms with Crippen molar-refractivity contribution in [1.82, 2.24) is 5.32 Å². The van der Waals surface area contributed by atoms with E-state index in [1.165, 1.54) is 41.1 Å². The molecule has 4 rings (SSSR count). The maximum absolute atomic E-state index is 13.6. The molecule has 3 amide bonds. The van der Waals surface area contributed by atoms with Gasteiger partial charge in [-0.1, -0.05) is 31.4 Å². The van der Waals surface area contributed by atoms with Gasteiger partial charge in [0.15, 0.2) is 0 Å². The van der Waals surface area contributed by atoms with Gasteiger partial charge < -0.3 is 10.6 Å². The Kier molecular flexibility index (Phi) is 9.66. The second-order valence-corrected chi connectivity index (χ2v) is 11.6. The van der Waals surface area contributed by atoms with Crippen molar-refractivity contribution >= 4 is 39.9 Å². The molecule has 2 unspecified atom stereocenters. The number of fused-ring (bicyclic) bond motifs is 1. The van der Waals surface area contributed by atoms with E-state index in [9.17, 15) is 23.0 Å². The predicted octanol–water partition coefficient (Wildman–Crippen LogP) is 4.26.